The number of alkyl carbamates (subject to hydrolysis) is 1. The Bertz CT molecular complexity index is 602. The first kappa shape index (κ1) is 19.0. The second-order valence-corrected chi connectivity index (χ2v) is 6.30. The summed E-state index contributed by atoms with van der Waals surface area (Å²) in [6.07, 6.45) is -0.854. The molecule has 0 bridgehead atoms. The highest BCUT2D eigenvalue weighted by molar-refractivity contribution is 6.31. The topological polar surface area (TPSA) is 90.6 Å². The van der Waals surface area contributed by atoms with Gasteiger partial charge in [0, 0.05) is 12.1 Å². The molecule has 0 aliphatic rings. The van der Waals surface area contributed by atoms with Crippen LogP contribution < -0.4 is 11.1 Å². The van der Waals surface area contributed by atoms with Crippen molar-refractivity contribution < 1.29 is 23.5 Å². The molecule has 1 rings (SSSR count). The number of methoxy groups -OCH3 is 1. The molecule has 0 fully saturated rings. The number of halogens is 2. The van der Waals surface area contributed by atoms with Crippen molar-refractivity contribution >= 4 is 29.4 Å². The van der Waals surface area contributed by atoms with Crippen LogP contribution in [0.5, 0.6) is 0 Å². The van der Waals surface area contributed by atoms with Gasteiger partial charge in [-0.25, -0.2) is 14.0 Å². The highest BCUT2D eigenvalue weighted by Crippen LogP contribution is 2.23. The van der Waals surface area contributed by atoms with E-state index in [1.54, 1.807) is 20.8 Å². The summed E-state index contributed by atoms with van der Waals surface area (Å²) in [5.74, 6) is -1.37. The van der Waals surface area contributed by atoms with E-state index in [2.05, 4.69) is 10.1 Å². The number of anilines is 1. The van der Waals surface area contributed by atoms with Crippen molar-refractivity contribution in [1.82, 2.24) is 5.32 Å². The maximum Gasteiger partial charge on any atom is 0.408 e. The van der Waals surface area contributed by atoms with Gasteiger partial charge in [-0.1, -0.05) is 11.6 Å². The number of esters is 1. The number of ether oxygens (including phenoxy) is 2. The second-order valence-electron chi connectivity index (χ2n) is 5.89. The van der Waals surface area contributed by atoms with Crippen molar-refractivity contribution in [2.24, 2.45) is 0 Å². The zero-order valence-electron chi connectivity index (χ0n) is 13.4. The van der Waals surface area contributed by atoms with Crippen LogP contribution in [0.4, 0.5) is 14.9 Å². The first-order valence-electron chi connectivity index (χ1n) is 6.84. The first-order chi connectivity index (χ1) is 10.5. The quantitative estimate of drug-likeness (QED) is 0.646. The van der Waals surface area contributed by atoms with Crippen molar-refractivity contribution in [3.05, 3.63) is 28.5 Å². The molecule has 3 N–H and O–H groups in total. The summed E-state index contributed by atoms with van der Waals surface area (Å²) in [5.41, 5.74) is 5.56. The predicted octanol–water partition coefficient (Wildman–Crippen LogP) is 2.67. The second kappa shape index (κ2) is 7.50. The Labute approximate surface area is 139 Å². The molecule has 0 spiro atoms. The third-order valence-corrected chi connectivity index (χ3v) is 3.07. The van der Waals surface area contributed by atoms with E-state index in [1.165, 1.54) is 13.2 Å². The van der Waals surface area contributed by atoms with E-state index in [-0.39, 0.29) is 17.1 Å². The van der Waals surface area contributed by atoms with E-state index < -0.39 is 29.5 Å². The largest absolute Gasteiger partial charge is 0.467 e. The van der Waals surface area contributed by atoms with Gasteiger partial charge >= 0.3 is 12.1 Å². The van der Waals surface area contributed by atoms with Crippen LogP contribution in [0.25, 0.3) is 0 Å². The fraction of sp³-hybridized carbons (Fsp3) is 0.467. The van der Waals surface area contributed by atoms with Gasteiger partial charge in [0.1, 0.15) is 17.5 Å². The van der Waals surface area contributed by atoms with Crippen molar-refractivity contribution in [2.45, 2.75) is 38.8 Å². The van der Waals surface area contributed by atoms with Gasteiger partial charge < -0.3 is 20.5 Å². The molecule has 0 radical (unpaired) electrons. The molecular formula is C15H20ClFN2O4. The Morgan fingerprint density at radius 2 is 2.00 bits per heavy atom. The molecule has 1 aromatic carbocycles. The summed E-state index contributed by atoms with van der Waals surface area (Å²) in [5, 5.41) is 2.26. The molecule has 8 heteroatoms. The molecule has 1 aromatic rings. The Hall–Kier alpha value is -2.02. The van der Waals surface area contributed by atoms with Crippen LogP contribution in [0.15, 0.2) is 12.1 Å². The molecule has 0 aliphatic carbocycles. The van der Waals surface area contributed by atoms with E-state index in [0.29, 0.717) is 5.56 Å². The summed E-state index contributed by atoms with van der Waals surface area (Å²) < 4.78 is 23.3. The van der Waals surface area contributed by atoms with Crippen molar-refractivity contribution in [3.63, 3.8) is 0 Å². The monoisotopic (exact) mass is 346 g/mol. The van der Waals surface area contributed by atoms with E-state index in [0.717, 1.165) is 6.07 Å². The van der Waals surface area contributed by atoms with Crippen LogP contribution in [0, 0.1) is 5.82 Å². The average molecular weight is 347 g/mol. The number of amides is 1. The molecule has 128 valence electrons. The average Bonchev–Trinajstić information content (AvgIpc) is 2.40. The lowest BCUT2D eigenvalue weighted by Gasteiger charge is -2.23. The Kier molecular flexibility index (Phi) is 6.20. The zero-order valence-corrected chi connectivity index (χ0v) is 14.2. The lowest BCUT2D eigenvalue weighted by atomic mass is 10.0. The van der Waals surface area contributed by atoms with Gasteiger partial charge in [-0.2, -0.15) is 0 Å². The molecule has 0 saturated carbocycles. The van der Waals surface area contributed by atoms with Crippen LogP contribution in [-0.2, 0) is 20.7 Å². The highest BCUT2D eigenvalue weighted by Gasteiger charge is 2.26. The van der Waals surface area contributed by atoms with Gasteiger partial charge in [-0.3, -0.25) is 0 Å². The minimum absolute atomic E-state index is 0.0637. The van der Waals surface area contributed by atoms with Crippen LogP contribution in [0.3, 0.4) is 0 Å². The normalized spacial score (nSPS) is 12.4. The van der Waals surface area contributed by atoms with Crippen LogP contribution in [0.1, 0.15) is 26.3 Å². The first-order valence-corrected chi connectivity index (χ1v) is 7.22. The third-order valence-electron chi connectivity index (χ3n) is 2.78. The molecular weight excluding hydrogens is 327 g/mol. The van der Waals surface area contributed by atoms with Gasteiger partial charge in [-0.15, -0.1) is 0 Å². The van der Waals surface area contributed by atoms with Gasteiger partial charge in [0.05, 0.1) is 12.1 Å². The third kappa shape index (κ3) is 5.94. The minimum atomic E-state index is -1.07. The Morgan fingerprint density at radius 1 is 1.39 bits per heavy atom. The molecule has 6 nitrogen and oxygen atoms in total. The molecule has 0 saturated heterocycles. The molecule has 1 amide bonds. The highest BCUT2D eigenvalue weighted by atomic mass is 35.5. The summed E-state index contributed by atoms with van der Waals surface area (Å²) in [7, 11) is 1.18. The summed E-state index contributed by atoms with van der Waals surface area (Å²) in [6.45, 7) is 5.06. The fourth-order valence-corrected chi connectivity index (χ4v) is 1.96. The van der Waals surface area contributed by atoms with Crippen LogP contribution in [0.2, 0.25) is 5.02 Å². The van der Waals surface area contributed by atoms with E-state index in [4.69, 9.17) is 22.1 Å². The number of hydrogen-bond acceptors (Lipinski definition) is 5. The maximum atomic E-state index is 13.6. The zero-order chi connectivity index (χ0) is 17.8. The lowest BCUT2D eigenvalue weighted by Crippen LogP contribution is -2.45. The number of carbonyl (C=O) groups excluding carboxylic acids is 2. The minimum Gasteiger partial charge on any atom is -0.467 e. The Balaban J connectivity index is 2.94. The number of nitrogen functional groups attached to an aromatic ring is 1. The fourth-order valence-electron chi connectivity index (χ4n) is 1.79. The summed E-state index contributed by atoms with van der Waals surface area (Å²) >= 11 is 5.63. The number of nitrogens with two attached hydrogens (primary N) is 1. The van der Waals surface area contributed by atoms with Crippen molar-refractivity contribution in [3.8, 4) is 0 Å². The van der Waals surface area contributed by atoms with Gasteiger partial charge in [-0.05, 0) is 38.5 Å². The number of benzene rings is 1. The summed E-state index contributed by atoms with van der Waals surface area (Å²) in [4.78, 5) is 23.6. The smallest absolute Gasteiger partial charge is 0.408 e. The summed E-state index contributed by atoms with van der Waals surface area (Å²) in [6, 6.07) is 1.29. The van der Waals surface area contributed by atoms with Crippen LogP contribution >= 0.6 is 11.6 Å². The number of carbonyl (C=O) groups is 2. The molecule has 0 aliphatic heterocycles. The van der Waals surface area contributed by atoms with E-state index in [9.17, 15) is 14.0 Å². The molecule has 1 atom stereocenters. The standard InChI is InChI=1S/C15H20ClFN2O4/c1-15(2,3)23-14(21)19-12(13(20)22-4)6-8-5-10(17)9(16)7-11(8)18/h5,7,12H,6,18H2,1-4H3,(H,19,21)/t12-/m1/s1. The van der Waals surface area contributed by atoms with Gasteiger partial charge in [0.25, 0.3) is 0 Å². The van der Waals surface area contributed by atoms with Crippen LogP contribution in [-0.4, -0.2) is 30.8 Å². The van der Waals surface area contributed by atoms with Crippen molar-refractivity contribution in [1.29, 1.82) is 0 Å². The Morgan fingerprint density at radius 3 is 2.52 bits per heavy atom. The number of nitrogens with one attached hydrogen (secondary N) is 1. The number of hydrogen-bond donors (Lipinski definition) is 2. The van der Waals surface area contributed by atoms with E-state index in [1.807, 2.05) is 0 Å². The molecule has 0 aromatic heterocycles. The lowest BCUT2D eigenvalue weighted by molar-refractivity contribution is -0.143. The predicted molar refractivity (Wildman–Crippen MR) is 84.7 cm³/mol. The van der Waals surface area contributed by atoms with E-state index >= 15 is 0 Å². The SMILES string of the molecule is COC(=O)[C@@H](Cc1cc(F)c(Cl)cc1N)NC(=O)OC(C)(C)C. The number of rotatable bonds is 4. The van der Waals surface area contributed by atoms with Crippen molar-refractivity contribution in [2.75, 3.05) is 12.8 Å². The molecule has 0 unspecified atom stereocenters. The van der Waals surface area contributed by atoms with Gasteiger partial charge in [0.15, 0.2) is 0 Å². The maximum absolute atomic E-state index is 13.6. The molecule has 0 heterocycles. The van der Waals surface area contributed by atoms with Gasteiger partial charge in [0.2, 0.25) is 0 Å². The molecule has 23 heavy (non-hydrogen) atoms.